The summed E-state index contributed by atoms with van der Waals surface area (Å²) in [6.45, 7) is 0. The number of hydrogen-bond donors (Lipinski definition) is 1. The molecule has 1 atom stereocenters. The van der Waals surface area contributed by atoms with Gasteiger partial charge in [-0.15, -0.1) is 11.8 Å². The Bertz CT molecular complexity index is 1250. The third kappa shape index (κ3) is 4.93. The molecule has 0 aliphatic heterocycles. The summed E-state index contributed by atoms with van der Waals surface area (Å²) in [5.41, 5.74) is 9.14. The van der Waals surface area contributed by atoms with E-state index in [1.165, 1.54) is 29.7 Å². The molecule has 0 fully saturated rings. The molecular weight excluding hydrogens is 428 g/mol. The SMILES string of the molecule is O=C(O)CCSC1c2cc(/C=C/c3ccc4c(n3)CCCC4)ccc2C=Cc2ncccc21. The molecule has 0 spiro atoms. The largest absolute Gasteiger partial charge is 0.481 e. The van der Waals surface area contributed by atoms with Gasteiger partial charge in [0.05, 0.1) is 23.1 Å². The van der Waals surface area contributed by atoms with Crippen LogP contribution >= 0.6 is 11.8 Å². The molecule has 0 amide bonds. The summed E-state index contributed by atoms with van der Waals surface area (Å²) in [6.07, 6.45) is 15.0. The van der Waals surface area contributed by atoms with Crippen molar-refractivity contribution < 1.29 is 9.90 Å². The van der Waals surface area contributed by atoms with Crippen molar-refractivity contribution >= 4 is 42.0 Å². The maximum atomic E-state index is 11.1. The predicted octanol–water partition coefficient (Wildman–Crippen LogP) is 6.31. The summed E-state index contributed by atoms with van der Waals surface area (Å²) in [6, 6.07) is 14.9. The number of aryl methyl sites for hydroxylation is 2. The summed E-state index contributed by atoms with van der Waals surface area (Å²) in [7, 11) is 0. The number of fused-ring (bicyclic) bond motifs is 3. The van der Waals surface area contributed by atoms with Gasteiger partial charge in [0, 0.05) is 17.6 Å². The first-order chi connectivity index (χ1) is 16.2. The molecule has 0 bridgehead atoms. The smallest absolute Gasteiger partial charge is 0.304 e. The second-order valence-electron chi connectivity index (χ2n) is 8.48. The quantitative estimate of drug-likeness (QED) is 0.473. The lowest BCUT2D eigenvalue weighted by Gasteiger charge is -2.20. The lowest BCUT2D eigenvalue weighted by molar-refractivity contribution is -0.136. The van der Waals surface area contributed by atoms with Gasteiger partial charge in [-0.1, -0.05) is 36.4 Å². The number of carboxylic acid groups (broad SMARTS) is 1. The molecule has 2 heterocycles. The van der Waals surface area contributed by atoms with Crippen LogP contribution in [0.15, 0.2) is 48.7 Å². The van der Waals surface area contributed by atoms with Gasteiger partial charge >= 0.3 is 5.97 Å². The van der Waals surface area contributed by atoms with Crippen LogP contribution in [-0.2, 0) is 17.6 Å². The molecule has 166 valence electrons. The number of aliphatic carboxylic acids is 1. The first kappa shape index (κ1) is 21.7. The van der Waals surface area contributed by atoms with Gasteiger partial charge in [-0.3, -0.25) is 14.8 Å². The Balaban J connectivity index is 1.46. The summed E-state index contributed by atoms with van der Waals surface area (Å²) in [4.78, 5) is 20.5. The van der Waals surface area contributed by atoms with Crippen molar-refractivity contribution in [3.05, 3.63) is 93.6 Å². The van der Waals surface area contributed by atoms with Crippen molar-refractivity contribution in [2.75, 3.05) is 5.75 Å². The zero-order chi connectivity index (χ0) is 22.6. The van der Waals surface area contributed by atoms with Crippen LogP contribution in [0.3, 0.4) is 0 Å². The summed E-state index contributed by atoms with van der Waals surface area (Å²) in [5, 5.41) is 9.17. The molecule has 2 aliphatic rings. The van der Waals surface area contributed by atoms with Crippen LogP contribution in [0.4, 0.5) is 0 Å². The number of carbonyl (C=O) groups is 1. The lowest BCUT2D eigenvalue weighted by Crippen LogP contribution is -2.05. The minimum absolute atomic E-state index is 0.0354. The molecule has 5 rings (SSSR count). The standard InChI is InChI=1S/C28H26N2O2S/c31-27(32)15-17-33-28-23-5-3-16-29-26(23)14-11-20-9-7-19(18-24(20)28)8-12-22-13-10-21-4-1-2-6-25(21)30-22/h3,5,7-14,16,18,28H,1-2,4,6,15,17H2,(H,31,32)/b12-8+. The molecule has 0 radical (unpaired) electrons. The minimum atomic E-state index is -0.768. The molecule has 0 saturated heterocycles. The molecule has 1 unspecified atom stereocenters. The third-order valence-corrected chi connectivity index (χ3v) is 7.50. The Labute approximate surface area is 198 Å². The maximum absolute atomic E-state index is 11.1. The Morgan fingerprint density at radius 1 is 1.06 bits per heavy atom. The summed E-state index contributed by atoms with van der Waals surface area (Å²) >= 11 is 1.67. The number of nitrogens with zero attached hydrogens (tertiary/aromatic N) is 2. The Morgan fingerprint density at radius 2 is 1.97 bits per heavy atom. The number of pyridine rings is 2. The van der Waals surface area contributed by atoms with Crippen molar-refractivity contribution in [1.82, 2.24) is 9.97 Å². The van der Waals surface area contributed by atoms with Gasteiger partial charge in [0.2, 0.25) is 0 Å². The van der Waals surface area contributed by atoms with E-state index in [2.05, 4.69) is 65.7 Å². The first-order valence-corrected chi connectivity index (χ1v) is 12.5. The van der Waals surface area contributed by atoms with E-state index in [9.17, 15) is 4.79 Å². The van der Waals surface area contributed by atoms with Crippen LogP contribution in [0.5, 0.6) is 0 Å². The van der Waals surface area contributed by atoms with Crippen molar-refractivity contribution in [3.63, 3.8) is 0 Å². The highest BCUT2D eigenvalue weighted by Crippen LogP contribution is 2.42. The molecule has 4 nitrogen and oxygen atoms in total. The van der Waals surface area contributed by atoms with Gasteiger partial charge < -0.3 is 5.11 Å². The van der Waals surface area contributed by atoms with Gasteiger partial charge in [-0.2, -0.15) is 0 Å². The fourth-order valence-corrected chi connectivity index (χ4v) is 5.81. The molecule has 0 saturated carbocycles. The topological polar surface area (TPSA) is 63.1 Å². The molecule has 1 N–H and O–H groups in total. The van der Waals surface area contributed by atoms with Crippen LogP contribution in [0.2, 0.25) is 0 Å². The van der Waals surface area contributed by atoms with Gasteiger partial charge in [-0.05, 0) is 83.9 Å². The van der Waals surface area contributed by atoms with E-state index in [1.54, 1.807) is 18.0 Å². The molecule has 2 aliphatic carbocycles. The normalized spacial score (nSPS) is 16.7. The predicted molar refractivity (Wildman–Crippen MR) is 136 cm³/mol. The number of aromatic nitrogens is 2. The van der Waals surface area contributed by atoms with Crippen LogP contribution in [0.25, 0.3) is 24.3 Å². The van der Waals surface area contributed by atoms with E-state index in [-0.39, 0.29) is 11.7 Å². The van der Waals surface area contributed by atoms with Crippen molar-refractivity contribution in [2.24, 2.45) is 0 Å². The van der Waals surface area contributed by atoms with E-state index in [0.717, 1.165) is 40.9 Å². The Kier molecular flexibility index (Phi) is 6.40. The molecule has 2 aromatic heterocycles. The minimum Gasteiger partial charge on any atom is -0.481 e. The number of carboxylic acids is 1. The fraction of sp³-hybridized carbons (Fsp3) is 0.250. The molecular formula is C28H26N2O2S. The van der Waals surface area contributed by atoms with Gasteiger partial charge in [0.15, 0.2) is 0 Å². The zero-order valence-corrected chi connectivity index (χ0v) is 19.2. The second kappa shape index (κ2) is 9.75. The van der Waals surface area contributed by atoms with Gasteiger partial charge in [0.1, 0.15) is 0 Å². The average molecular weight is 455 g/mol. The molecule has 1 aromatic carbocycles. The lowest BCUT2D eigenvalue weighted by atomic mass is 9.95. The van der Waals surface area contributed by atoms with Crippen molar-refractivity contribution in [3.8, 4) is 0 Å². The third-order valence-electron chi connectivity index (χ3n) is 6.21. The highest BCUT2D eigenvalue weighted by molar-refractivity contribution is 7.99. The van der Waals surface area contributed by atoms with Crippen LogP contribution in [-0.4, -0.2) is 26.8 Å². The second-order valence-corrected chi connectivity index (χ2v) is 9.69. The van der Waals surface area contributed by atoms with E-state index in [1.807, 2.05) is 6.07 Å². The van der Waals surface area contributed by atoms with E-state index < -0.39 is 5.97 Å². The number of thioether (sulfide) groups is 1. The molecule has 3 aromatic rings. The van der Waals surface area contributed by atoms with E-state index >= 15 is 0 Å². The van der Waals surface area contributed by atoms with Gasteiger partial charge in [0.25, 0.3) is 0 Å². The summed E-state index contributed by atoms with van der Waals surface area (Å²) < 4.78 is 0. The number of hydrogen-bond acceptors (Lipinski definition) is 4. The van der Waals surface area contributed by atoms with Crippen LogP contribution < -0.4 is 0 Å². The van der Waals surface area contributed by atoms with Gasteiger partial charge in [-0.25, -0.2) is 0 Å². The first-order valence-electron chi connectivity index (χ1n) is 11.4. The average Bonchev–Trinajstić information content (AvgIpc) is 2.99. The zero-order valence-electron chi connectivity index (χ0n) is 18.4. The monoisotopic (exact) mass is 454 g/mol. The number of rotatable bonds is 6. The van der Waals surface area contributed by atoms with Crippen LogP contribution in [0, 0.1) is 0 Å². The van der Waals surface area contributed by atoms with Crippen molar-refractivity contribution in [1.29, 1.82) is 0 Å². The Morgan fingerprint density at radius 3 is 2.88 bits per heavy atom. The van der Waals surface area contributed by atoms with E-state index in [0.29, 0.717) is 5.75 Å². The Hall–Kier alpha value is -3.18. The highest BCUT2D eigenvalue weighted by atomic mass is 32.2. The molecule has 5 heteroatoms. The number of benzene rings is 1. The van der Waals surface area contributed by atoms with Crippen LogP contribution in [0.1, 0.15) is 69.4 Å². The molecule has 33 heavy (non-hydrogen) atoms. The summed E-state index contributed by atoms with van der Waals surface area (Å²) in [5.74, 6) is -0.220. The van der Waals surface area contributed by atoms with E-state index in [4.69, 9.17) is 10.1 Å². The highest BCUT2D eigenvalue weighted by Gasteiger charge is 2.23. The fourth-order valence-electron chi connectivity index (χ4n) is 4.52. The maximum Gasteiger partial charge on any atom is 0.304 e. The van der Waals surface area contributed by atoms with Crippen molar-refractivity contribution in [2.45, 2.75) is 37.4 Å².